The number of aromatic nitrogens is 2. The van der Waals surface area contributed by atoms with E-state index in [1.807, 2.05) is 42.2 Å². The Balaban J connectivity index is 2.08. The first kappa shape index (κ1) is 14.9. The van der Waals surface area contributed by atoms with Gasteiger partial charge in [-0.05, 0) is 39.1 Å². The fourth-order valence-corrected chi connectivity index (χ4v) is 2.15. The molecule has 2 aromatic rings. The molecule has 0 aliphatic heterocycles. The summed E-state index contributed by atoms with van der Waals surface area (Å²) in [6.07, 6.45) is 1.97. The van der Waals surface area contributed by atoms with Gasteiger partial charge in [0.25, 0.3) is 0 Å². The van der Waals surface area contributed by atoms with E-state index in [0.717, 1.165) is 17.0 Å². The molecule has 0 unspecified atom stereocenters. The minimum Gasteiger partial charge on any atom is -0.487 e. The van der Waals surface area contributed by atoms with E-state index in [2.05, 4.69) is 24.3 Å². The number of halogens is 1. The lowest BCUT2D eigenvalue weighted by Gasteiger charge is -2.12. The average molecular weight is 294 g/mol. The van der Waals surface area contributed by atoms with Crippen molar-refractivity contribution in [2.45, 2.75) is 33.0 Å². The van der Waals surface area contributed by atoms with Gasteiger partial charge in [0.15, 0.2) is 0 Å². The van der Waals surface area contributed by atoms with Crippen LogP contribution in [0, 0.1) is 0 Å². The van der Waals surface area contributed by atoms with Crippen LogP contribution in [-0.2, 0) is 13.2 Å². The summed E-state index contributed by atoms with van der Waals surface area (Å²) in [5.41, 5.74) is 1.88. The van der Waals surface area contributed by atoms with Crippen LogP contribution < -0.4 is 10.1 Å². The van der Waals surface area contributed by atoms with Crippen molar-refractivity contribution in [3.8, 4) is 5.75 Å². The first-order valence-corrected chi connectivity index (χ1v) is 7.08. The number of nitrogens with one attached hydrogen (secondary N) is 1. The van der Waals surface area contributed by atoms with Crippen LogP contribution in [0.3, 0.4) is 0 Å². The van der Waals surface area contributed by atoms with Gasteiger partial charge in [-0.2, -0.15) is 5.10 Å². The van der Waals surface area contributed by atoms with Gasteiger partial charge in [0.05, 0.1) is 5.69 Å². The van der Waals surface area contributed by atoms with Gasteiger partial charge in [0.1, 0.15) is 12.4 Å². The van der Waals surface area contributed by atoms with Crippen molar-refractivity contribution in [3.05, 3.63) is 46.7 Å². The van der Waals surface area contributed by atoms with E-state index in [1.54, 1.807) is 0 Å². The molecule has 1 heterocycles. The van der Waals surface area contributed by atoms with Crippen molar-refractivity contribution in [1.82, 2.24) is 15.1 Å². The van der Waals surface area contributed by atoms with Crippen LogP contribution >= 0.6 is 11.6 Å². The van der Waals surface area contributed by atoms with Crippen LogP contribution in [0.2, 0.25) is 5.02 Å². The molecule has 108 valence electrons. The molecule has 2 rings (SSSR count). The minimum absolute atomic E-state index is 0.356. The van der Waals surface area contributed by atoms with E-state index in [-0.39, 0.29) is 0 Å². The first-order valence-electron chi connectivity index (χ1n) is 6.70. The lowest BCUT2D eigenvalue weighted by atomic mass is 10.2. The average Bonchev–Trinajstić information content (AvgIpc) is 2.89. The summed E-state index contributed by atoms with van der Waals surface area (Å²) < 4.78 is 7.77. The predicted molar refractivity (Wildman–Crippen MR) is 81.2 cm³/mol. The molecule has 1 N–H and O–H groups in total. The van der Waals surface area contributed by atoms with E-state index in [0.29, 0.717) is 24.2 Å². The van der Waals surface area contributed by atoms with Gasteiger partial charge < -0.3 is 10.1 Å². The monoisotopic (exact) mass is 293 g/mol. The van der Waals surface area contributed by atoms with Gasteiger partial charge in [-0.25, -0.2) is 0 Å². The molecule has 0 saturated heterocycles. The van der Waals surface area contributed by atoms with Crippen molar-refractivity contribution in [2.24, 2.45) is 0 Å². The van der Waals surface area contributed by atoms with Gasteiger partial charge in [0, 0.05) is 29.4 Å². The first-order chi connectivity index (χ1) is 9.61. The number of benzene rings is 1. The zero-order chi connectivity index (χ0) is 14.5. The molecule has 0 amide bonds. The summed E-state index contributed by atoms with van der Waals surface area (Å²) in [6, 6.07) is 8.02. The summed E-state index contributed by atoms with van der Waals surface area (Å²) >= 11 is 6.20. The van der Waals surface area contributed by atoms with Crippen LogP contribution in [0.5, 0.6) is 5.75 Å². The molecule has 1 aromatic heterocycles. The zero-order valence-corrected chi connectivity index (χ0v) is 12.8. The highest BCUT2D eigenvalue weighted by Gasteiger charge is 2.09. The Hall–Kier alpha value is -1.52. The molecule has 0 radical (unpaired) electrons. The van der Waals surface area contributed by atoms with Gasteiger partial charge in [-0.15, -0.1) is 0 Å². The largest absolute Gasteiger partial charge is 0.487 e. The third-order valence-corrected chi connectivity index (χ3v) is 3.35. The SMILES string of the molecule is CNCc1c(Cl)cccc1OCc1ccn(C(C)C)n1. The van der Waals surface area contributed by atoms with Crippen LogP contribution in [0.1, 0.15) is 31.1 Å². The summed E-state index contributed by atoms with van der Waals surface area (Å²) in [7, 11) is 1.89. The van der Waals surface area contributed by atoms with E-state index < -0.39 is 0 Å². The van der Waals surface area contributed by atoms with E-state index in [1.165, 1.54) is 0 Å². The summed E-state index contributed by atoms with van der Waals surface area (Å²) in [4.78, 5) is 0. The second kappa shape index (κ2) is 6.77. The van der Waals surface area contributed by atoms with Gasteiger partial charge in [-0.1, -0.05) is 17.7 Å². The molecule has 0 aliphatic rings. The lowest BCUT2D eigenvalue weighted by molar-refractivity contribution is 0.295. The molecule has 20 heavy (non-hydrogen) atoms. The highest BCUT2D eigenvalue weighted by Crippen LogP contribution is 2.26. The minimum atomic E-state index is 0.356. The third-order valence-electron chi connectivity index (χ3n) is 3.00. The van der Waals surface area contributed by atoms with Gasteiger partial charge in [0.2, 0.25) is 0 Å². The molecule has 0 fully saturated rings. The Labute approximate surface area is 124 Å². The Morgan fingerprint density at radius 3 is 2.80 bits per heavy atom. The molecule has 0 bridgehead atoms. The van der Waals surface area contributed by atoms with E-state index in [9.17, 15) is 0 Å². The standard InChI is InChI=1S/C15H20ClN3O/c1-11(2)19-8-7-12(18-19)10-20-15-6-4-5-14(16)13(15)9-17-3/h4-8,11,17H,9-10H2,1-3H3. The topological polar surface area (TPSA) is 39.1 Å². The molecule has 1 aromatic carbocycles. The number of nitrogens with zero attached hydrogens (tertiary/aromatic N) is 2. The lowest BCUT2D eigenvalue weighted by Crippen LogP contribution is -2.08. The van der Waals surface area contributed by atoms with Crippen molar-refractivity contribution in [1.29, 1.82) is 0 Å². The number of hydrogen-bond donors (Lipinski definition) is 1. The van der Waals surface area contributed by atoms with Crippen molar-refractivity contribution >= 4 is 11.6 Å². The highest BCUT2D eigenvalue weighted by atomic mass is 35.5. The fraction of sp³-hybridized carbons (Fsp3) is 0.400. The Morgan fingerprint density at radius 1 is 1.35 bits per heavy atom. The molecule has 5 heteroatoms. The van der Waals surface area contributed by atoms with Gasteiger partial charge in [-0.3, -0.25) is 4.68 Å². The number of rotatable bonds is 6. The second-order valence-corrected chi connectivity index (χ2v) is 5.32. The predicted octanol–water partition coefficient (Wildman–Crippen LogP) is 3.42. The quantitative estimate of drug-likeness (QED) is 0.887. The summed E-state index contributed by atoms with van der Waals surface area (Å²) in [5.74, 6) is 0.797. The maximum Gasteiger partial charge on any atom is 0.132 e. The maximum atomic E-state index is 6.20. The van der Waals surface area contributed by atoms with Gasteiger partial charge >= 0.3 is 0 Å². The van der Waals surface area contributed by atoms with Crippen molar-refractivity contribution in [2.75, 3.05) is 7.05 Å². The molecule has 0 spiro atoms. The van der Waals surface area contributed by atoms with Crippen molar-refractivity contribution in [3.63, 3.8) is 0 Å². The maximum absolute atomic E-state index is 6.20. The smallest absolute Gasteiger partial charge is 0.132 e. The fourth-order valence-electron chi connectivity index (χ4n) is 1.92. The number of ether oxygens (including phenoxy) is 1. The number of hydrogen-bond acceptors (Lipinski definition) is 3. The van der Waals surface area contributed by atoms with Crippen LogP contribution in [-0.4, -0.2) is 16.8 Å². The zero-order valence-electron chi connectivity index (χ0n) is 12.1. The highest BCUT2D eigenvalue weighted by molar-refractivity contribution is 6.31. The molecule has 0 atom stereocenters. The van der Waals surface area contributed by atoms with Crippen LogP contribution in [0.4, 0.5) is 0 Å². The summed E-state index contributed by atoms with van der Waals surface area (Å²) in [5, 5.41) is 8.28. The molecular weight excluding hydrogens is 274 g/mol. The van der Waals surface area contributed by atoms with Crippen molar-refractivity contribution < 1.29 is 4.74 Å². The third kappa shape index (κ3) is 3.52. The van der Waals surface area contributed by atoms with E-state index >= 15 is 0 Å². The second-order valence-electron chi connectivity index (χ2n) is 4.92. The molecule has 0 aliphatic carbocycles. The normalized spacial score (nSPS) is 11.1. The molecular formula is C15H20ClN3O. The molecule has 0 saturated carbocycles. The van der Waals surface area contributed by atoms with E-state index in [4.69, 9.17) is 16.3 Å². The van der Waals surface area contributed by atoms with Crippen LogP contribution in [0.25, 0.3) is 0 Å². The Kier molecular flexibility index (Phi) is 5.04. The Bertz CT molecular complexity index is 566. The summed E-state index contributed by atoms with van der Waals surface area (Å²) in [6.45, 7) is 5.31. The molecule has 4 nitrogen and oxygen atoms in total. The van der Waals surface area contributed by atoms with Crippen LogP contribution in [0.15, 0.2) is 30.5 Å². The Morgan fingerprint density at radius 2 is 2.15 bits per heavy atom.